The summed E-state index contributed by atoms with van der Waals surface area (Å²) in [5, 5.41) is 5.99. The fraction of sp³-hybridized carbons (Fsp3) is 0.136. The zero-order chi connectivity index (χ0) is 21.6. The van der Waals surface area contributed by atoms with Gasteiger partial charge in [-0.3, -0.25) is 4.79 Å². The van der Waals surface area contributed by atoms with E-state index < -0.39 is 0 Å². The van der Waals surface area contributed by atoms with Gasteiger partial charge in [-0.1, -0.05) is 37.1 Å². The van der Waals surface area contributed by atoms with Gasteiger partial charge in [0.05, 0.1) is 13.5 Å². The van der Waals surface area contributed by atoms with Crippen molar-refractivity contribution in [2.45, 2.75) is 13.2 Å². The zero-order valence-electron chi connectivity index (χ0n) is 17.2. The first-order chi connectivity index (χ1) is 15.1. The Morgan fingerprint density at radius 1 is 1.06 bits per heavy atom. The molecule has 2 aromatic heterocycles. The number of hydrogen-bond donors (Lipinski definition) is 2. The van der Waals surface area contributed by atoms with Crippen molar-refractivity contribution in [1.82, 2.24) is 15.0 Å². The number of benzene rings is 1. The van der Waals surface area contributed by atoms with Crippen molar-refractivity contribution in [3.63, 3.8) is 0 Å². The van der Waals surface area contributed by atoms with Gasteiger partial charge in [-0.2, -0.15) is 0 Å². The highest BCUT2D eigenvalue weighted by Gasteiger charge is 2.11. The number of aromatic nitrogens is 3. The highest BCUT2D eigenvalue weighted by molar-refractivity contribution is 6.64. The van der Waals surface area contributed by atoms with Crippen molar-refractivity contribution in [3.8, 4) is 17.0 Å². The van der Waals surface area contributed by atoms with Crippen molar-refractivity contribution in [3.05, 3.63) is 72.2 Å². The van der Waals surface area contributed by atoms with Crippen molar-refractivity contribution < 1.29 is 9.53 Å². The lowest BCUT2D eigenvalue weighted by molar-refractivity contribution is -0.115. The molecule has 0 aliphatic carbocycles. The number of carbonyl (C=O) groups excluding carboxylic acids is 1. The Morgan fingerprint density at radius 2 is 1.84 bits per heavy atom. The maximum Gasteiger partial charge on any atom is 0.303 e. The van der Waals surface area contributed by atoms with E-state index in [4.69, 9.17) is 4.74 Å². The van der Waals surface area contributed by atoms with Gasteiger partial charge in [-0.15, -0.1) is 0 Å². The Labute approximate surface area is 180 Å². The minimum atomic E-state index is -0.112. The number of anilines is 2. The molecule has 1 amide bonds. The van der Waals surface area contributed by atoms with Crippen molar-refractivity contribution >= 4 is 30.6 Å². The van der Waals surface area contributed by atoms with Crippen LogP contribution in [-0.2, 0) is 11.2 Å². The molecular weight excluding hydrogens is 391 g/mol. The van der Waals surface area contributed by atoms with Gasteiger partial charge in [0.1, 0.15) is 0 Å². The van der Waals surface area contributed by atoms with Gasteiger partial charge < -0.3 is 20.3 Å². The van der Waals surface area contributed by atoms with Gasteiger partial charge >= 0.3 is 6.85 Å². The molecule has 8 nitrogen and oxygen atoms in total. The smallest absolute Gasteiger partial charge is 0.303 e. The first kappa shape index (κ1) is 20.3. The standard InChI is InChI=1S/C22H21BN6O2/c1-23-11-19(14-27-23)29-22-25-12-17(13-26-22)16-5-3-15(4-6-16)9-20(30)28-18-7-8-24-21(10-18)31-2/h3-8,10-14H,9H2,1-2H3,(H,24,28,30)(H,25,26,29). The minimum absolute atomic E-state index is 0.112. The van der Waals surface area contributed by atoms with Gasteiger partial charge in [-0.05, 0) is 17.2 Å². The van der Waals surface area contributed by atoms with Gasteiger partial charge in [0.2, 0.25) is 17.7 Å². The molecule has 0 saturated heterocycles. The highest BCUT2D eigenvalue weighted by atomic mass is 16.5. The second-order valence-electron chi connectivity index (χ2n) is 7.07. The van der Waals surface area contributed by atoms with Crippen LogP contribution < -0.4 is 15.4 Å². The summed E-state index contributed by atoms with van der Waals surface area (Å²) in [6.07, 6.45) is 7.17. The van der Waals surface area contributed by atoms with Crippen molar-refractivity contribution in [2.24, 2.45) is 4.90 Å². The molecule has 4 rings (SSSR count). The SMILES string of the molecule is COc1cc(NC(=O)Cc2ccc(-c3cnc(NC4=CB(C)N=C4)nc3)cc2)ccn1. The van der Waals surface area contributed by atoms with Crippen LogP contribution in [0.5, 0.6) is 5.88 Å². The Bertz CT molecular complexity index is 1130. The summed E-state index contributed by atoms with van der Waals surface area (Å²) < 4.78 is 5.07. The number of rotatable bonds is 7. The molecule has 0 atom stereocenters. The molecule has 3 aromatic rings. The Balaban J connectivity index is 1.35. The van der Waals surface area contributed by atoms with Crippen LogP contribution in [0.3, 0.4) is 0 Å². The third-order valence-electron chi connectivity index (χ3n) is 4.66. The molecule has 0 spiro atoms. The predicted molar refractivity (Wildman–Crippen MR) is 122 cm³/mol. The maximum atomic E-state index is 12.3. The molecule has 0 unspecified atom stereocenters. The molecule has 0 radical (unpaired) electrons. The van der Waals surface area contributed by atoms with E-state index in [0.29, 0.717) is 17.5 Å². The third kappa shape index (κ3) is 5.33. The molecule has 0 bridgehead atoms. The van der Waals surface area contributed by atoms with Crippen molar-refractivity contribution in [1.29, 1.82) is 0 Å². The molecular formula is C22H21BN6O2. The van der Waals surface area contributed by atoms with Gasteiger partial charge in [0, 0.05) is 47.8 Å². The van der Waals surface area contributed by atoms with Crippen LogP contribution in [-0.4, -0.2) is 41.0 Å². The number of allylic oxidation sites excluding steroid dienone is 1. The lowest BCUT2D eigenvalue weighted by atomic mass is 9.68. The normalized spacial score (nSPS) is 12.5. The molecule has 1 aliphatic heterocycles. The number of amides is 1. The molecule has 3 heterocycles. The molecule has 1 aromatic carbocycles. The fourth-order valence-electron chi connectivity index (χ4n) is 3.09. The molecule has 154 valence electrons. The Morgan fingerprint density at radius 3 is 2.52 bits per heavy atom. The van der Waals surface area contributed by atoms with Gasteiger partial charge in [0.25, 0.3) is 0 Å². The number of nitrogens with one attached hydrogen (secondary N) is 2. The van der Waals surface area contributed by atoms with Crippen LogP contribution in [0.15, 0.2) is 71.6 Å². The first-order valence-corrected chi connectivity index (χ1v) is 9.82. The number of ether oxygens (including phenoxy) is 1. The molecule has 2 N–H and O–H groups in total. The first-order valence-electron chi connectivity index (χ1n) is 9.82. The number of carbonyl (C=O) groups is 1. The van der Waals surface area contributed by atoms with Crippen molar-refractivity contribution in [2.75, 3.05) is 17.7 Å². The van der Waals surface area contributed by atoms with E-state index in [-0.39, 0.29) is 19.2 Å². The molecule has 0 fully saturated rings. The number of methoxy groups -OCH3 is 1. The average Bonchev–Trinajstić information content (AvgIpc) is 3.19. The Kier molecular flexibility index (Phi) is 6.02. The summed E-state index contributed by atoms with van der Waals surface area (Å²) >= 11 is 0. The minimum Gasteiger partial charge on any atom is -0.481 e. The molecule has 31 heavy (non-hydrogen) atoms. The fourth-order valence-corrected chi connectivity index (χ4v) is 3.09. The van der Waals surface area contributed by atoms with Gasteiger partial charge in [-0.25, -0.2) is 15.0 Å². The summed E-state index contributed by atoms with van der Waals surface area (Å²) in [5.41, 5.74) is 4.32. The second-order valence-corrected chi connectivity index (χ2v) is 7.07. The van der Waals surface area contributed by atoms with E-state index in [1.54, 1.807) is 36.9 Å². The van der Waals surface area contributed by atoms with Crippen LogP contribution in [0.4, 0.5) is 11.6 Å². The van der Waals surface area contributed by atoms with E-state index >= 15 is 0 Å². The van der Waals surface area contributed by atoms with Crippen LogP contribution in [0.2, 0.25) is 6.82 Å². The van der Waals surface area contributed by atoms with Crippen LogP contribution in [0, 0.1) is 0 Å². The summed E-state index contributed by atoms with van der Waals surface area (Å²) in [4.78, 5) is 29.4. The van der Waals surface area contributed by atoms with E-state index in [2.05, 4.69) is 30.5 Å². The highest BCUT2D eigenvalue weighted by Crippen LogP contribution is 2.20. The largest absolute Gasteiger partial charge is 0.481 e. The lowest BCUT2D eigenvalue weighted by Gasteiger charge is -2.08. The van der Waals surface area contributed by atoms with E-state index in [0.717, 1.165) is 22.4 Å². The lowest BCUT2D eigenvalue weighted by Crippen LogP contribution is -2.14. The third-order valence-corrected chi connectivity index (χ3v) is 4.66. The van der Waals surface area contributed by atoms with Crippen LogP contribution in [0.1, 0.15) is 5.56 Å². The predicted octanol–water partition coefficient (Wildman–Crippen LogP) is 3.27. The average molecular weight is 412 g/mol. The monoisotopic (exact) mass is 412 g/mol. The molecule has 9 heteroatoms. The number of hydrogen-bond acceptors (Lipinski definition) is 7. The second kappa shape index (κ2) is 9.21. The van der Waals surface area contributed by atoms with Gasteiger partial charge in [0.15, 0.2) is 0 Å². The van der Waals surface area contributed by atoms with E-state index in [1.165, 1.54) is 7.11 Å². The van der Waals surface area contributed by atoms with Crippen LogP contribution >= 0.6 is 0 Å². The molecule has 1 aliphatic rings. The summed E-state index contributed by atoms with van der Waals surface area (Å²) in [7, 11) is 1.53. The summed E-state index contributed by atoms with van der Waals surface area (Å²) in [6.45, 7) is 2.19. The van der Waals surface area contributed by atoms with E-state index in [9.17, 15) is 4.79 Å². The Hall–Kier alpha value is -4.01. The molecule has 0 saturated carbocycles. The maximum absolute atomic E-state index is 12.3. The van der Waals surface area contributed by atoms with Crippen LogP contribution in [0.25, 0.3) is 11.1 Å². The number of pyridine rings is 1. The topological polar surface area (TPSA) is 101 Å². The zero-order valence-corrected chi connectivity index (χ0v) is 17.2. The quantitative estimate of drug-likeness (QED) is 0.578. The number of nitrogens with zero attached hydrogens (tertiary/aromatic N) is 4. The van der Waals surface area contributed by atoms with E-state index in [1.807, 2.05) is 37.1 Å². The summed E-state index contributed by atoms with van der Waals surface area (Å²) in [6, 6.07) is 11.2. The summed E-state index contributed by atoms with van der Waals surface area (Å²) in [5.74, 6) is 2.88.